The highest BCUT2D eigenvalue weighted by molar-refractivity contribution is 6.31. The first-order valence-electron chi connectivity index (χ1n) is 14.9. The van der Waals surface area contributed by atoms with Gasteiger partial charge in [0.25, 0.3) is 5.91 Å². The van der Waals surface area contributed by atoms with Gasteiger partial charge in [-0.2, -0.15) is 19.0 Å². The number of morpholine rings is 1. The van der Waals surface area contributed by atoms with Crippen LogP contribution < -0.4 is 10.1 Å². The molecule has 15 heteroatoms. The number of benzene rings is 1. The maximum atomic E-state index is 13.3. The van der Waals surface area contributed by atoms with Gasteiger partial charge in [0.1, 0.15) is 17.0 Å². The molecule has 1 aromatic carbocycles. The molecule has 0 spiro atoms. The molecule has 1 atom stereocenters. The first kappa shape index (κ1) is 31.3. The molecule has 240 valence electrons. The fraction of sp³-hybridized carbons (Fsp3) is 0.467. The number of nitrogens with zero attached hydrogens (tertiary/aromatic N) is 7. The van der Waals surface area contributed by atoms with E-state index in [1.165, 1.54) is 28.9 Å². The van der Waals surface area contributed by atoms with Crippen molar-refractivity contribution in [3.63, 3.8) is 0 Å². The van der Waals surface area contributed by atoms with Gasteiger partial charge in [-0.25, -0.2) is 9.50 Å². The van der Waals surface area contributed by atoms with Crippen LogP contribution in [0.15, 0.2) is 49.1 Å². The molecule has 1 N–H and O–H groups in total. The van der Waals surface area contributed by atoms with Gasteiger partial charge in [0.05, 0.1) is 45.0 Å². The normalized spacial score (nSPS) is 18.6. The Bertz CT molecular complexity index is 1610. The Labute approximate surface area is 263 Å². The van der Waals surface area contributed by atoms with Crippen molar-refractivity contribution in [2.24, 2.45) is 0 Å². The molecule has 2 fully saturated rings. The molecule has 0 aliphatic carbocycles. The van der Waals surface area contributed by atoms with E-state index in [2.05, 4.69) is 37.2 Å². The zero-order valence-electron chi connectivity index (χ0n) is 24.8. The Morgan fingerprint density at radius 3 is 2.89 bits per heavy atom. The van der Waals surface area contributed by atoms with Crippen LogP contribution in [0, 0.1) is 0 Å². The van der Waals surface area contributed by atoms with Crippen LogP contribution in [-0.2, 0) is 16.0 Å². The number of aromatic nitrogens is 5. The summed E-state index contributed by atoms with van der Waals surface area (Å²) in [5.41, 5.74) is 1.29. The van der Waals surface area contributed by atoms with E-state index in [-0.39, 0.29) is 28.3 Å². The molecule has 0 saturated carbocycles. The molecule has 2 aliphatic rings. The van der Waals surface area contributed by atoms with E-state index in [4.69, 9.17) is 25.8 Å². The van der Waals surface area contributed by atoms with Crippen LogP contribution in [0.25, 0.3) is 16.9 Å². The summed E-state index contributed by atoms with van der Waals surface area (Å²) in [5, 5.41) is 11.9. The summed E-state index contributed by atoms with van der Waals surface area (Å²) >= 11 is 6.23. The van der Waals surface area contributed by atoms with Crippen LogP contribution in [0.2, 0.25) is 5.02 Å². The number of ether oxygens (including phenoxy) is 3. The van der Waals surface area contributed by atoms with Crippen molar-refractivity contribution in [1.29, 1.82) is 0 Å². The smallest absolute Gasteiger partial charge is 0.387 e. The summed E-state index contributed by atoms with van der Waals surface area (Å²) < 4.78 is 45.9. The van der Waals surface area contributed by atoms with E-state index >= 15 is 0 Å². The topological polar surface area (TPSA) is 111 Å². The number of piperidine rings is 1. The van der Waals surface area contributed by atoms with Crippen molar-refractivity contribution < 1.29 is 27.8 Å². The standard InChI is InChI=1S/C30H35ClF2N8O4/c1-20-18-43-14-12-40(20)22-5-9-38(10-6-22)19-44-13-11-39-17-25(36-29(42)24-16-35-41-8-2-7-34-28(24)41)27(37-39)23-15-21(31)3-4-26(23)45-30(32)33/h2-4,7-8,15-17,20,22,30H,5-6,9-14,18-19H2,1H3,(H,36,42)/t20-/m1/s1. The van der Waals surface area contributed by atoms with Gasteiger partial charge >= 0.3 is 6.61 Å². The molecule has 4 aromatic rings. The molecule has 6 rings (SSSR count). The average Bonchev–Trinajstić information content (AvgIpc) is 3.65. The van der Waals surface area contributed by atoms with Crippen LogP contribution in [0.1, 0.15) is 30.1 Å². The van der Waals surface area contributed by atoms with Crippen molar-refractivity contribution in [1.82, 2.24) is 34.2 Å². The fourth-order valence-electron chi connectivity index (χ4n) is 5.90. The Morgan fingerprint density at radius 1 is 1.24 bits per heavy atom. The van der Waals surface area contributed by atoms with Gasteiger partial charge in [-0.15, -0.1) is 0 Å². The van der Waals surface area contributed by atoms with Crippen molar-refractivity contribution in [3.05, 3.63) is 59.6 Å². The lowest BCUT2D eigenvalue weighted by molar-refractivity contribution is -0.0494. The number of carbonyl (C=O) groups is 1. The maximum Gasteiger partial charge on any atom is 0.387 e. The minimum absolute atomic E-state index is 0.126. The number of alkyl halides is 2. The van der Waals surface area contributed by atoms with Gasteiger partial charge < -0.3 is 19.5 Å². The minimum atomic E-state index is -3.06. The maximum absolute atomic E-state index is 13.3. The van der Waals surface area contributed by atoms with Crippen LogP contribution in [0.4, 0.5) is 14.5 Å². The van der Waals surface area contributed by atoms with E-state index in [1.54, 1.807) is 29.3 Å². The number of nitrogens with one attached hydrogen (secondary N) is 1. The third kappa shape index (κ3) is 7.42. The number of amides is 1. The molecule has 2 saturated heterocycles. The Kier molecular flexibility index (Phi) is 9.85. The molecular formula is C30H35ClF2N8O4. The van der Waals surface area contributed by atoms with E-state index < -0.39 is 12.5 Å². The largest absolute Gasteiger partial charge is 0.434 e. The molecule has 0 bridgehead atoms. The Balaban J connectivity index is 1.13. The number of fused-ring (bicyclic) bond motifs is 1. The lowest BCUT2D eigenvalue weighted by atomic mass is 10.0. The number of hydrogen-bond donors (Lipinski definition) is 1. The molecule has 45 heavy (non-hydrogen) atoms. The number of likely N-dealkylation sites (tertiary alicyclic amines) is 1. The summed E-state index contributed by atoms with van der Waals surface area (Å²) in [6.07, 6.45) is 8.44. The number of carbonyl (C=O) groups excluding carboxylic acids is 1. The summed E-state index contributed by atoms with van der Waals surface area (Å²) in [6, 6.07) is 6.97. The highest BCUT2D eigenvalue weighted by atomic mass is 35.5. The van der Waals surface area contributed by atoms with Crippen LogP contribution in [0.5, 0.6) is 5.75 Å². The molecule has 5 heterocycles. The van der Waals surface area contributed by atoms with E-state index in [9.17, 15) is 13.6 Å². The van der Waals surface area contributed by atoms with Gasteiger partial charge in [0.15, 0.2) is 5.65 Å². The molecule has 2 aliphatic heterocycles. The highest BCUT2D eigenvalue weighted by Crippen LogP contribution is 2.37. The molecule has 3 aromatic heterocycles. The van der Waals surface area contributed by atoms with Gasteiger partial charge in [-0.05, 0) is 44.0 Å². The quantitative estimate of drug-likeness (QED) is 0.240. The van der Waals surface area contributed by atoms with E-state index in [1.807, 2.05) is 0 Å². The Hall–Kier alpha value is -3.69. The number of halogens is 3. The van der Waals surface area contributed by atoms with E-state index in [0.29, 0.717) is 42.6 Å². The van der Waals surface area contributed by atoms with Crippen molar-refractivity contribution in [2.45, 2.75) is 45.0 Å². The zero-order valence-corrected chi connectivity index (χ0v) is 25.6. The molecule has 0 unspecified atom stereocenters. The SMILES string of the molecule is C[C@@H]1COCCN1C1CCN(COCCn2cc(NC(=O)c3cnn4cccnc34)c(-c3cc(Cl)ccc3OC(F)F)n2)CC1. The molecule has 1 amide bonds. The van der Waals surface area contributed by atoms with E-state index in [0.717, 1.165) is 45.7 Å². The number of hydrogen-bond acceptors (Lipinski definition) is 9. The predicted molar refractivity (Wildman–Crippen MR) is 163 cm³/mol. The van der Waals surface area contributed by atoms with Gasteiger partial charge in [-0.3, -0.25) is 19.3 Å². The second-order valence-corrected chi connectivity index (χ2v) is 11.6. The first-order chi connectivity index (χ1) is 21.9. The third-order valence-corrected chi connectivity index (χ3v) is 8.37. The number of anilines is 1. The predicted octanol–water partition coefficient (Wildman–Crippen LogP) is 4.26. The van der Waals surface area contributed by atoms with Crippen LogP contribution in [0.3, 0.4) is 0 Å². The minimum Gasteiger partial charge on any atom is -0.434 e. The Morgan fingerprint density at radius 2 is 2.09 bits per heavy atom. The lowest BCUT2D eigenvalue weighted by Gasteiger charge is -2.43. The molecule has 12 nitrogen and oxygen atoms in total. The van der Waals surface area contributed by atoms with Gasteiger partial charge in [0, 0.05) is 60.9 Å². The third-order valence-electron chi connectivity index (χ3n) is 8.13. The highest BCUT2D eigenvalue weighted by Gasteiger charge is 2.29. The zero-order chi connectivity index (χ0) is 31.3. The first-order valence-corrected chi connectivity index (χ1v) is 15.3. The second-order valence-electron chi connectivity index (χ2n) is 11.1. The number of rotatable bonds is 11. The summed E-state index contributed by atoms with van der Waals surface area (Å²) in [5.74, 6) is -0.618. The summed E-state index contributed by atoms with van der Waals surface area (Å²) in [4.78, 5) is 22.4. The van der Waals surface area contributed by atoms with Crippen molar-refractivity contribution >= 4 is 28.8 Å². The summed E-state index contributed by atoms with van der Waals surface area (Å²) in [6.45, 7) is 4.84. The molecular weight excluding hydrogens is 610 g/mol. The van der Waals surface area contributed by atoms with Gasteiger partial charge in [0.2, 0.25) is 0 Å². The van der Waals surface area contributed by atoms with Crippen LogP contribution in [-0.4, -0.2) is 105 Å². The van der Waals surface area contributed by atoms with Gasteiger partial charge in [-0.1, -0.05) is 11.6 Å². The van der Waals surface area contributed by atoms with Crippen molar-refractivity contribution in [3.8, 4) is 17.0 Å². The molecule has 0 radical (unpaired) electrons. The van der Waals surface area contributed by atoms with Crippen LogP contribution >= 0.6 is 11.6 Å². The monoisotopic (exact) mass is 644 g/mol. The van der Waals surface area contributed by atoms with Crippen molar-refractivity contribution in [2.75, 3.05) is 51.5 Å². The summed E-state index contributed by atoms with van der Waals surface area (Å²) in [7, 11) is 0. The lowest BCUT2D eigenvalue weighted by Crippen LogP contribution is -2.53. The second kappa shape index (κ2) is 14.2. The fourth-order valence-corrected chi connectivity index (χ4v) is 6.08. The average molecular weight is 645 g/mol.